The normalized spacial score (nSPS) is 50.5. The van der Waals surface area contributed by atoms with E-state index in [1.807, 2.05) is 0 Å². The summed E-state index contributed by atoms with van der Waals surface area (Å²) in [6.45, 7) is 7.89. The van der Waals surface area contributed by atoms with Gasteiger partial charge in [-0.25, -0.2) is 0 Å². The molecule has 0 radical (unpaired) electrons. The molecule has 54 heavy (non-hydrogen) atoms. The van der Waals surface area contributed by atoms with E-state index in [1.165, 1.54) is 6.92 Å². The molecule has 7 aliphatic rings. The van der Waals surface area contributed by atoms with E-state index >= 15 is 0 Å². The third kappa shape index (κ3) is 6.97. The van der Waals surface area contributed by atoms with Gasteiger partial charge in [0.15, 0.2) is 12.6 Å². The smallest absolute Gasteiger partial charge is 0.306 e. The van der Waals surface area contributed by atoms with Crippen LogP contribution in [-0.4, -0.2) is 126 Å². The first kappa shape index (κ1) is 40.4. The van der Waals surface area contributed by atoms with E-state index in [1.54, 1.807) is 14.0 Å². The Morgan fingerprint density at radius 2 is 1.69 bits per heavy atom. The first-order valence-electron chi connectivity index (χ1n) is 20.3. The zero-order valence-corrected chi connectivity index (χ0v) is 32.4. The average Bonchev–Trinajstić information content (AvgIpc) is 3.55. The molecule has 0 aromatic carbocycles. The molecule has 3 heterocycles. The Hall–Kier alpha value is -1.75. The molecule has 0 aromatic heterocycles. The predicted octanol–water partition coefficient (Wildman–Crippen LogP) is 2.43. The molecule has 0 amide bonds. The highest BCUT2D eigenvalue weighted by molar-refractivity contribution is 5.92. The van der Waals surface area contributed by atoms with Crippen molar-refractivity contribution < 1.29 is 68.0 Å². The first-order valence-corrected chi connectivity index (χ1v) is 20.3. The van der Waals surface area contributed by atoms with Crippen LogP contribution in [0.5, 0.6) is 0 Å². The Bertz CT molecular complexity index is 1390. The van der Waals surface area contributed by atoms with Crippen LogP contribution in [0.25, 0.3) is 0 Å². The largest absolute Gasteiger partial charge is 0.465 e. The van der Waals surface area contributed by atoms with Crippen molar-refractivity contribution in [2.75, 3.05) is 26.9 Å². The van der Waals surface area contributed by atoms with Crippen LogP contribution in [0, 0.1) is 45.8 Å². The van der Waals surface area contributed by atoms with Gasteiger partial charge in [0.25, 0.3) is 0 Å². The summed E-state index contributed by atoms with van der Waals surface area (Å²) in [6, 6.07) is 0. The van der Waals surface area contributed by atoms with E-state index in [9.17, 15) is 34.8 Å². The third-order valence-corrected chi connectivity index (χ3v) is 15.4. The van der Waals surface area contributed by atoms with Crippen molar-refractivity contribution in [2.45, 2.75) is 160 Å². The molecule has 4 aliphatic carbocycles. The van der Waals surface area contributed by atoms with Gasteiger partial charge in [-0.2, -0.15) is 0 Å². The number of cyclic esters (lactones) is 1. The van der Waals surface area contributed by atoms with Crippen LogP contribution in [0.3, 0.4) is 0 Å². The van der Waals surface area contributed by atoms with Crippen molar-refractivity contribution in [1.82, 2.24) is 0 Å². The van der Waals surface area contributed by atoms with Crippen LogP contribution < -0.4 is 0 Å². The number of aliphatic hydroxyl groups excluding tert-OH is 4. The van der Waals surface area contributed by atoms with Gasteiger partial charge < -0.3 is 53.6 Å². The number of hydrogen-bond acceptors (Lipinski definition) is 14. The molecule has 1 unspecified atom stereocenters. The van der Waals surface area contributed by atoms with Crippen molar-refractivity contribution in [3.8, 4) is 0 Å². The molecule has 18 atom stereocenters. The van der Waals surface area contributed by atoms with Gasteiger partial charge in [0, 0.05) is 43.1 Å². The number of hydrogen-bond donors (Lipinski definition) is 4. The molecule has 14 heteroatoms. The van der Waals surface area contributed by atoms with Gasteiger partial charge in [-0.3, -0.25) is 14.4 Å². The minimum absolute atomic E-state index is 0.104. The molecule has 3 aliphatic heterocycles. The van der Waals surface area contributed by atoms with E-state index in [2.05, 4.69) is 13.8 Å². The maximum Gasteiger partial charge on any atom is 0.306 e. The SMILES string of the molecule is CO[C@@H]1C[C@H](O[C@H]2CC[C@]3(C)[C@@H]4CC[C@@]5(C)C(=O)[C@]4(CC[C@@H]5CC4COC(=O)C4)CC[C@H]3[C@H]2COC(C)=O)O[C@@H](C)[C@@H]1O[C@@H]1O[C@H](CO)[C@@H](O)[C@H](O)[C@H]1O. The lowest BCUT2D eigenvalue weighted by atomic mass is 9.36. The monoisotopic (exact) mass is 766 g/mol. The standard InChI is InChI=1S/C40H62O14/c1-20-35(54-36-34(46)33(45)32(44)28(17-41)53-36)27(48-5)16-31(51-20)52-26-8-10-39(4)25(24(26)19-49-21(2)42)7-13-40-12-6-23(14-22-15-30(43)50-18-22)38(3,37(40)47)11-9-29(39)40/h20,22-29,31-36,41,44-46H,6-19H2,1-5H3/t20-,22?,23+,24+,25-,26-,27+,28+,29-,31-,32+,33-,34+,35-,36-,38+,39-,40+/m0/s1. The molecule has 4 saturated carbocycles. The second kappa shape index (κ2) is 15.5. The average molecular weight is 767 g/mol. The van der Waals surface area contributed by atoms with E-state index in [-0.39, 0.29) is 65.1 Å². The van der Waals surface area contributed by atoms with Gasteiger partial charge in [0.1, 0.15) is 36.3 Å². The summed E-state index contributed by atoms with van der Waals surface area (Å²) < 4.78 is 41.7. The second-order valence-corrected chi connectivity index (χ2v) is 18.1. The molecule has 7 fully saturated rings. The Kier molecular flexibility index (Phi) is 11.6. The topological polar surface area (TPSA) is 197 Å². The number of carbonyl (C=O) groups excluding carboxylic acids is 3. The quantitative estimate of drug-likeness (QED) is 0.187. The maximum atomic E-state index is 14.8. The summed E-state index contributed by atoms with van der Waals surface area (Å²) in [4.78, 5) is 38.9. The number of methoxy groups -OCH3 is 1. The molecule has 7 rings (SSSR count). The Morgan fingerprint density at radius 3 is 2.37 bits per heavy atom. The fourth-order valence-corrected chi connectivity index (χ4v) is 12.5. The van der Waals surface area contributed by atoms with Crippen LogP contribution in [0.4, 0.5) is 0 Å². The number of ether oxygens (including phenoxy) is 7. The minimum Gasteiger partial charge on any atom is -0.465 e. The number of aliphatic hydroxyl groups is 4. The van der Waals surface area contributed by atoms with Crippen molar-refractivity contribution in [3.63, 3.8) is 0 Å². The highest BCUT2D eigenvalue weighted by Gasteiger charge is 2.68. The van der Waals surface area contributed by atoms with Crippen LogP contribution in [0.1, 0.15) is 98.3 Å². The van der Waals surface area contributed by atoms with E-state index in [0.29, 0.717) is 31.7 Å². The summed E-state index contributed by atoms with van der Waals surface area (Å²) >= 11 is 0. The summed E-state index contributed by atoms with van der Waals surface area (Å²) in [5, 5.41) is 40.7. The van der Waals surface area contributed by atoms with Crippen molar-refractivity contribution in [3.05, 3.63) is 0 Å². The van der Waals surface area contributed by atoms with Gasteiger partial charge in [-0.1, -0.05) is 13.8 Å². The van der Waals surface area contributed by atoms with Gasteiger partial charge in [-0.05, 0) is 87.9 Å². The lowest BCUT2D eigenvalue weighted by molar-refractivity contribution is -0.347. The second-order valence-electron chi connectivity index (χ2n) is 18.1. The van der Waals surface area contributed by atoms with E-state index in [0.717, 1.165) is 51.4 Å². The Labute approximate surface area is 317 Å². The molecule has 306 valence electrons. The van der Waals surface area contributed by atoms with Crippen molar-refractivity contribution >= 4 is 17.7 Å². The van der Waals surface area contributed by atoms with Crippen molar-refractivity contribution in [2.24, 2.45) is 45.8 Å². The number of ketones is 1. The zero-order valence-electron chi connectivity index (χ0n) is 32.4. The number of esters is 2. The van der Waals surface area contributed by atoms with Gasteiger partial charge in [0.2, 0.25) is 0 Å². The highest BCUT2D eigenvalue weighted by atomic mass is 16.7. The fourth-order valence-electron chi connectivity index (χ4n) is 12.5. The van der Waals surface area contributed by atoms with Gasteiger partial charge in [0.05, 0.1) is 44.6 Å². The van der Waals surface area contributed by atoms with Crippen LogP contribution in [0.15, 0.2) is 0 Å². The predicted molar refractivity (Wildman–Crippen MR) is 188 cm³/mol. The highest BCUT2D eigenvalue weighted by Crippen LogP contribution is 2.71. The fraction of sp³-hybridized carbons (Fsp3) is 0.925. The molecule has 4 N–H and O–H groups in total. The number of fused-ring (bicyclic) bond motifs is 3. The summed E-state index contributed by atoms with van der Waals surface area (Å²) in [5.41, 5.74) is -0.892. The minimum atomic E-state index is -1.57. The van der Waals surface area contributed by atoms with Crippen molar-refractivity contribution in [1.29, 1.82) is 0 Å². The summed E-state index contributed by atoms with van der Waals surface area (Å²) in [6.07, 6.45) is -1.32. The summed E-state index contributed by atoms with van der Waals surface area (Å²) in [7, 11) is 1.55. The molecule has 0 aromatic rings. The molecule has 1 spiro atoms. The lowest BCUT2D eigenvalue weighted by Crippen LogP contribution is -2.66. The van der Waals surface area contributed by atoms with E-state index in [4.69, 9.17) is 33.2 Å². The van der Waals surface area contributed by atoms with Gasteiger partial charge >= 0.3 is 11.9 Å². The maximum absolute atomic E-state index is 14.8. The third-order valence-electron chi connectivity index (χ3n) is 15.4. The Morgan fingerprint density at radius 1 is 0.926 bits per heavy atom. The molecular weight excluding hydrogens is 704 g/mol. The zero-order chi connectivity index (χ0) is 38.7. The lowest BCUT2D eigenvalue weighted by Gasteiger charge is -2.67. The molecule has 14 nitrogen and oxygen atoms in total. The number of carbonyl (C=O) groups is 3. The number of Topliss-reactive ketones (excluding diaryl/α,β-unsaturated/α-hetero) is 1. The van der Waals surface area contributed by atoms with Gasteiger partial charge in [-0.15, -0.1) is 0 Å². The molecule has 2 bridgehead atoms. The summed E-state index contributed by atoms with van der Waals surface area (Å²) in [5.74, 6) is 0.704. The van der Waals surface area contributed by atoms with Crippen LogP contribution >= 0.6 is 0 Å². The van der Waals surface area contributed by atoms with Crippen LogP contribution in [0.2, 0.25) is 0 Å². The molecular formula is C40H62O14. The Balaban J connectivity index is 1.04. The molecule has 3 saturated heterocycles. The van der Waals surface area contributed by atoms with Crippen LogP contribution in [-0.2, 0) is 47.5 Å². The number of rotatable bonds is 10. The van der Waals surface area contributed by atoms with E-state index < -0.39 is 67.3 Å². The first-order chi connectivity index (χ1) is 25.6.